The third-order valence-electron chi connectivity index (χ3n) is 3.06. The zero-order valence-corrected chi connectivity index (χ0v) is 11.9. The average molecular weight is 289 g/mol. The number of hydrogen-bond acceptors (Lipinski definition) is 5. The van der Waals surface area contributed by atoms with Crippen molar-refractivity contribution >= 4 is 17.8 Å². The molecule has 0 heterocycles. The molecule has 2 amide bonds. The van der Waals surface area contributed by atoms with Crippen LogP contribution in [0.5, 0.6) is 0 Å². The van der Waals surface area contributed by atoms with E-state index in [4.69, 9.17) is 15.9 Å². The molecule has 116 valence electrons. The van der Waals surface area contributed by atoms with Crippen molar-refractivity contribution in [2.45, 2.75) is 45.3 Å². The smallest absolute Gasteiger partial charge is 0.325 e. The molecular formula is C12H23N3O5. The van der Waals surface area contributed by atoms with Crippen LogP contribution in [0.2, 0.25) is 0 Å². The van der Waals surface area contributed by atoms with Gasteiger partial charge in [-0.15, -0.1) is 0 Å². The molecule has 0 saturated heterocycles. The van der Waals surface area contributed by atoms with Crippen molar-refractivity contribution in [1.29, 1.82) is 0 Å². The van der Waals surface area contributed by atoms with E-state index in [0.717, 1.165) is 0 Å². The third-order valence-corrected chi connectivity index (χ3v) is 3.06. The summed E-state index contributed by atoms with van der Waals surface area (Å²) in [6, 6.07) is -3.07. The van der Waals surface area contributed by atoms with Gasteiger partial charge in [-0.2, -0.15) is 0 Å². The maximum atomic E-state index is 12.0. The normalized spacial score (nSPS) is 16.6. The molecule has 20 heavy (non-hydrogen) atoms. The predicted molar refractivity (Wildman–Crippen MR) is 71.7 cm³/mol. The van der Waals surface area contributed by atoms with Gasteiger partial charge in [0.2, 0.25) is 11.8 Å². The number of nitrogens with one attached hydrogen (secondary N) is 2. The summed E-state index contributed by atoms with van der Waals surface area (Å²) in [5.41, 5.74) is 5.37. The number of nitrogens with two attached hydrogens (primary N) is 1. The predicted octanol–water partition coefficient (Wildman–Crippen LogP) is -1.57. The van der Waals surface area contributed by atoms with E-state index in [-0.39, 0.29) is 5.92 Å². The summed E-state index contributed by atoms with van der Waals surface area (Å²) >= 11 is 0. The number of aliphatic carboxylic acids is 1. The summed E-state index contributed by atoms with van der Waals surface area (Å²) in [7, 11) is 0. The minimum atomic E-state index is -1.17. The van der Waals surface area contributed by atoms with E-state index in [1.54, 1.807) is 6.92 Å². The first-order valence-electron chi connectivity index (χ1n) is 6.44. The molecule has 0 aliphatic carbocycles. The maximum absolute atomic E-state index is 12.0. The number of aliphatic hydroxyl groups is 1. The highest BCUT2D eigenvalue weighted by molar-refractivity contribution is 5.91. The van der Waals surface area contributed by atoms with Gasteiger partial charge in [-0.25, -0.2) is 0 Å². The number of hydrogen-bond donors (Lipinski definition) is 5. The van der Waals surface area contributed by atoms with Crippen LogP contribution in [-0.4, -0.2) is 52.7 Å². The highest BCUT2D eigenvalue weighted by Gasteiger charge is 2.29. The molecule has 0 radical (unpaired) electrons. The van der Waals surface area contributed by atoms with Gasteiger partial charge in [0, 0.05) is 0 Å². The minimum Gasteiger partial charge on any atom is -0.480 e. The van der Waals surface area contributed by atoms with Crippen LogP contribution in [0.1, 0.15) is 27.2 Å². The zero-order chi connectivity index (χ0) is 15.9. The van der Waals surface area contributed by atoms with Crippen LogP contribution in [-0.2, 0) is 14.4 Å². The Kier molecular flexibility index (Phi) is 7.78. The van der Waals surface area contributed by atoms with E-state index in [9.17, 15) is 14.4 Å². The van der Waals surface area contributed by atoms with Crippen LogP contribution in [0.25, 0.3) is 0 Å². The summed E-state index contributed by atoms with van der Waals surface area (Å²) in [6.07, 6.45) is 0.605. The second-order valence-electron chi connectivity index (χ2n) is 4.73. The van der Waals surface area contributed by atoms with Crippen molar-refractivity contribution < 1.29 is 24.6 Å². The number of carbonyl (C=O) groups excluding carboxylic acids is 2. The molecule has 0 aliphatic heterocycles. The summed E-state index contributed by atoms with van der Waals surface area (Å²) in [5.74, 6) is -2.62. The topological polar surface area (TPSA) is 142 Å². The lowest BCUT2D eigenvalue weighted by atomic mass is 9.97. The number of aliphatic hydroxyl groups excluding tert-OH is 1. The zero-order valence-electron chi connectivity index (χ0n) is 11.9. The van der Waals surface area contributed by atoms with Gasteiger partial charge < -0.3 is 26.6 Å². The second-order valence-corrected chi connectivity index (χ2v) is 4.73. The van der Waals surface area contributed by atoms with E-state index in [1.165, 1.54) is 6.92 Å². The SMILES string of the molecule is CCC(C)C(NC(=O)C(N)CO)C(=O)NC(C)C(=O)O. The molecule has 4 atom stereocenters. The molecule has 0 aromatic rings. The third kappa shape index (κ3) is 5.54. The molecular weight excluding hydrogens is 266 g/mol. The molecule has 0 fully saturated rings. The van der Waals surface area contributed by atoms with Crippen LogP contribution >= 0.6 is 0 Å². The summed E-state index contributed by atoms with van der Waals surface area (Å²) < 4.78 is 0. The van der Waals surface area contributed by atoms with Gasteiger partial charge in [0.1, 0.15) is 18.1 Å². The number of carboxylic acids is 1. The van der Waals surface area contributed by atoms with Gasteiger partial charge in [0.05, 0.1) is 6.61 Å². The van der Waals surface area contributed by atoms with Crippen molar-refractivity contribution in [3.8, 4) is 0 Å². The Morgan fingerprint density at radius 3 is 2.10 bits per heavy atom. The number of amides is 2. The highest BCUT2D eigenvalue weighted by atomic mass is 16.4. The Bertz CT molecular complexity index is 361. The van der Waals surface area contributed by atoms with Crippen molar-refractivity contribution in [3.05, 3.63) is 0 Å². The molecule has 8 heteroatoms. The van der Waals surface area contributed by atoms with Crippen LogP contribution in [0.15, 0.2) is 0 Å². The summed E-state index contributed by atoms with van der Waals surface area (Å²) in [4.78, 5) is 34.4. The minimum absolute atomic E-state index is 0.203. The molecule has 0 rings (SSSR count). The van der Waals surface area contributed by atoms with Crippen molar-refractivity contribution in [1.82, 2.24) is 10.6 Å². The Morgan fingerprint density at radius 2 is 1.70 bits per heavy atom. The molecule has 0 saturated carbocycles. The summed E-state index contributed by atoms with van der Waals surface area (Å²) in [5, 5.41) is 22.3. The van der Waals surface area contributed by atoms with Gasteiger partial charge in [-0.1, -0.05) is 20.3 Å². The lowest BCUT2D eigenvalue weighted by Gasteiger charge is -2.25. The van der Waals surface area contributed by atoms with Crippen molar-refractivity contribution in [2.24, 2.45) is 11.7 Å². The Morgan fingerprint density at radius 1 is 1.15 bits per heavy atom. The molecule has 6 N–H and O–H groups in total. The Hall–Kier alpha value is -1.67. The molecule has 0 aromatic carbocycles. The molecule has 0 aliphatic rings. The van der Waals surface area contributed by atoms with E-state index < -0.39 is 42.5 Å². The van der Waals surface area contributed by atoms with E-state index in [2.05, 4.69) is 10.6 Å². The number of carboxylic acid groups (broad SMARTS) is 1. The van der Waals surface area contributed by atoms with Gasteiger partial charge in [0.25, 0.3) is 0 Å². The van der Waals surface area contributed by atoms with Gasteiger partial charge >= 0.3 is 5.97 Å². The van der Waals surface area contributed by atoms with Crippen LogP contribution < -0.4 is 16.4 Å². The maximum Gasteiger partial charge on any atom is 0.325 e. The molecule has 0 spiro atoms. The lowest BCUT2D eigenvalue weighted by Crippen LogP contribution is -2.56. The van der Waals surface area contributed by atoms with Gasteiger partial charge in [0.15, 0.2) is 0 Å². The number of rotatable bonds is 8. The molecule has 4 unspecified atom stereocenters. The number of carbonyl (C=O) groups is 3. The van der Waals surface area contributed by atoms with Gasteiger partial charge in [-0.3, -0.25) is 14.4 Å². The van der Waals surface area contributed by atoms with Crippen LogP contribution in [0.4, 0.5) is 0 Å². The van der Waals surface area contributed by atoms with Crippen molar-refractivity contribution in [3.63, 3.8) is 0 Å². The first kappa shape index (κ1) is 18.3. The fourth-order valence-electron chi connectivity index (χ4n) is 1.41. The highest BCUT2D eigenvalue weighted by Crippen LogP contribution is 2.08. The largest absolute Gasteiger partial charge is 0.480 e. The second kappa shape index (κ2) is 8.49. The van der Waals surface area contributed by atoms with E-state index in [0.29, 0.717) is 6.42 Å². The molecule has 8 nitrogen and oxygen atoms in total. The van der Waals surface area contributed by atoms with E-state index >= 15 is 0 Å². The van der Waals surface area contributed by atoms with Crippen LogP contribution in [0, 0.1) is 5.92 Å². The standard InChI is InChI=1S/C12H23N3O5/c1-4-6(2)9(15-10(17)8(13)5-16)11(18)14-7(3)12(19)20/h6-9,16H,4-5,13H2,1-3H3,(H,14,18)(H,15,17)(H,19,20). The monoisotopic (exact) mass is 289 g/mol. The first-order chi connectivity index (χ1) is 9.24. The Balaban J connectivity index is 4.84. The lowest BCUT2D eigenvalue weighted by molar-refractivity contribution is -0.142. The first-order valence-corrected chi connectivity index (χ1v) is 6.44. The van der Waals surface area contributed by atoms with E-state index in [1.807, 2.05) is 6.92 Å². The average Bonchev–Trinajstić information content (AvgIpc) is 2.42. The quantitative estimate of drug-likeness (QED) is 0.365. The molecule has 0 bridgehead atoms. The van der Waals surface area contributed by atoms with Crippen LogP contribution in [0.3, 0.4) is 0 Å². The Labute approximate surface area is 117 Å². The van der Waals surface area contributed by atoms with Gasteiger partial charge in [-0.05, 0) is 12.8 Å². The fourth-order valence-corrected chi connectivity index (χ4v) is 1.41. The fraction of sp³-hybridized carbons (Fsp3) is 0.750. The van der Waals surface area contributed by atoms with Crippen molar-refractivity contribution in [2.75, 3.05) is 6.61 Å². The molecule has 0 aromatic heterocycles. The summed E-state index contributed by atoms with van der Waals surface area (Å²) in [6.45, 7) is 4.38.